The summed E-state index contributed by atoms with van der Waals surface area (Å²) in [5.41, 5.74) is 0.544. The molecule has 0 saturated carbocycles. The molecule has 2 rings (SSSR count). The van der Waals surface area contributed by atoms with Crippen molar-refractivity contribution in [2.75, 3.05) is 5.32 Å². The van der Waals surface area contributed by atoms with Gasteiger partial charge < -0.3 is 5.32 Å². The molecule has 1 aromatic heterocycles. The smallest absolute Gasteiger partial charge is 0.293 e. The fourth-order valence-electron chi connectivity index (χ4n) is 1.65. The summed E-state index contributed by atoms with van der Waals surface area (Å²) >= 11 is 4.82. The van der Waals surface area contributed by atoms with Crippen LogP contribution >= 0.6 is 27.3 Å². The molecule has 0 spiro atoms. The Morgan fingerprint density at radius 2 is 2.26 bits per heavy atom. The average molecular weight is 342 g/mol. The lowest BCUT2D eigenvalue weighted by Gasteiger charge is -2.13. The van der Waals surface area contributed by atoms with Crippen LogP contribution in [0.5, 0.6) is 0 Å². The molecule has 19 heavy (non-hydrogen) atoms. The Kier molecular flexibility index (Phi) is 4.16. The van der Waals surface area contributed by atoms with Gasteiger partial charge in [0.25, 0.3) is 5.69 Å². The summed E-state index contributed by atoms with van der Waals surface area (Å²) in [6.45, 7) is 3.92. The van der Waals surface area contributed by atoms with Crippen molar-refractivity contribution in [3.05, 3.63) is 48.9 Å². The first kappa shape index (κ1) is 14.0. The standard InChI is InChI=1S/C12H12BrN3O2S/c1-7-6-14-12(19-7)8(2)15-10-4-3-9(13)5-11(10)16(17)18/h3-6,8,15H,1-2H3. The van der Waals surface area contributed by atoms with E-state index in [0.717, 1.165) is 9.88 Å². The summed E-state index contributed by atoms with van der Waals surface area (Å²) in [4.78, 5) is 16.0. The maximum atomic E-state index is 11.0. The Morgan fingerprint density at radius 3 is 2.84 bits per heavy atom. The average Bonchev–Trinajstić information content (AvgIpc) is 2.78. The summed E-state index contributed by atoms with van der Waals surface area (Å²) < 4.78 is 0.683. The number of aryl methyl sites for hydroxylation is 1. The molecular weight excluding hydrogens is 330 g/mol. The minimum atomic E-state index is -0.396. The van der Waals surface area contributed by atoms with E-state index in [-0.39, 0.29) is 11.7 Å². The van der Waals surface area contributed by atoms with Gasteiger partial charge in [-0.2, -0.15) is 0 Å². The van der Waals surface area contributed by atoms with E-state index in [0.29, 0.717) is 10.2 Å². The van der Waals surface area contributed by atoms with E-state index >= 15 is 0 Å². The highest BCUT2D eigenvalue weighted by atomic mass is 79.9. The van der Waals surface area contributed by atoms with Gasteiger partial charge in [-0.15, -0.1) is 11.3 Å². The maximum Gasteiger partial charge on any atom is 0.293 e. The van der Waals surface area contributed by atoms with E-state index in [9.17, 15) is 10.1 Å². The summed E-state index contributed by atoms with van der Waals surface area (Å²) in [5.74, 6) is 0. The van der Waals surface area contributed by atoms with Crippen LogP contribution in [0.3, 0.4) is 0 Å². The van der Waals surface area contributed by atoms with Crippen LogP contribution in [0.25, 0.3) is 0 Å². The molecule has 1 heterocycles. The highest BCUT2D eigenvalue weighted by Gasteiger charge is 2.17. The zero-order valence-electron chi connectivity index (χ0n) is 10.4. The van der Waals surface area contributed by atoms with Crippen LogP contribution < -0.4 is 5.32 Å². The first-order chi connectivity index (χ1) is 8.97. The van der Waals surface area contributed by atoms with Crippen molar-refractivity contribution >= 4 is 38.6 Å². The second kappa shape index (κ2) is 5.66. The third-order valence-electron chi connectivity index (χ3n) is 2.54. The predicted octanol–water partition coefficient (Wildman–Crippen LogP) is 4.30. The quantitative estimate of drug-likeness (QED) is 0.665. The Labute approximate surface area is 123 Å². The van der Waals surface area contributed by atoms with E-state index < -0.39 is 4.92 Å². The van der Waals surface area contributed by atoms with E-state index in [4.69, 9.17) is 0 Å². The van der Waals surface area contributed by atoms with Crippen molar-refractivity contribution in [2.24, 2.45) is 0 Å². The number of rotatable bonds is 4. The fourth-order valence-corrected chi connectivity index (χ4v) is 2.77. The molecule has 1 unspecified atom stereocenters. The Hall–Kier alpha value is -1.47. The highest BCUT2D eigenvalue weighted by molar-refractivity contribution is 9.10. The number of aromatic nitrogens is 1. The monoisotopic (exact) mass is 341 g/mol. The molecule has 0 amide bonds. The van der Waals surface area contributed by atoms with Gasteiger partial charge in [-0.1, -0.05) is 15.9 Å². The second-order valence-electron chi connectivity index (χ2n) is 4.09. The van der Waals surface area contributed by atoms with Gasteiger partial charge in [-0.3, -0.25) is 10.1 Å². The normalized spacial score (nSPS) is 12.2. The third kappa shape index (κ3) is 3.30. The second-order valence-corrected chi connectivity index (χ2v) is 6.28. The predicted molar refractivity (Wildman–Crippen MR) is 79.7 cm³/mol. The Balaban J connectivity index is 2.26. The van der Waals surface area contributed by atoms with E-state index in [1.807, 2.05) is 13.8 Å². The lowest BCUT2D eigenvalue weighted by atomic mass is 10.2. The first-order valence-corrected chi connectivity index (χ1v) is 7.21. The van der Waals surface area contributed by atoms with Gasteiger partial charge >= 0.3 is 0 Å². The van der Waals surface area contributed by atoms with Crippen LogP contribution in [0.2, 0.25) is 0 Å². The van der Waals surface area contributed by atoms with Gasteiger partial charge in [0.1, 0.15) is 10.7 Å². The molecule has 1 N–H and O–H groups in total. The molecule has 2 aromatic rings. The number of nitro groups is 1. The summed E-state index contributed by atoms with van der Waals surface area (Å²) in [7, 11) is 0. The van der Waals surface area contributed by atoms with E-state index in [2.05, 4.69) is 26.2 Å². The zero-order valence-corrected chi connectivity index (χ0v) is 12.8. The topological polar surface area (TPSA) is 68.1 Å². The SMILES string of the molecule is Cc1cnc(C(C)Nc2ccc(Br)cc2[N+](=O)[O-])s1. The van der Waals surface area contributed by atoms with Gasteiger partial charge in [0.2, 0.25) is 0 Å². The summed E-state index contributed by atoms with van der Waals surface area (Å²) in [5, 5.41) is 15.1. The number of nitrogens with one attached hydrogen (secondary N) is 1. The van der Waals surface area contributed by atoms with Crippen molar-refractivity contribution in [1.82, 2.24) is 4.98 Å². The van der Waals surface area contributed by atoms with Crippen molar-refractivity contribution in [3.63, 3.8) is 0 Å². The Morgan fingerprint density at radius 1 is 1.53 bits per heavy atom. The number of hydrogen-bond donors (Lipinski definition) is 1. The maximum absolute atomic E-state index is 11.0. The lowest BCUT2D eigenvalue weighted by molar-refractivity contribution is -0.384. The molecule has 1 aromatic carbocycles. The third-order valence-corrected chi connectivity index (χ3v) is 4.13. The largest absolute Gasteiger partial charge is 0.371 e. The molecule has 7 heteroatoms. The molecule has 0 bridgehead atoms. The van der Waals surface area contributed by atoms with Gasteiger partial charge in [0.15, 0.2) is 0 Å². The first-order valence-electron chi connectivity index (χ1n) is 5.60. The van der Waals surface area contributed by atoms with Gasteiger partial charge in [0, 0.05) is 21.6 Å². The number of nitro benzene ring substituents is 1. The molecule has 5 nitrogen and oxygen atoms in total. The van der Waals surface area contributed by atoms with Gasteiger partial charge in [-0.05, 0) is 26.0 Å². The fraction of sp³-hybridized carbons (Fsp3) is 0.250. The molecular formula is C12H12BrN3O2S. The molecule has 0 aliphatic carbocycles. The molecule has 0 aliphatic heterocycles. The molecule has 0 fully saturated rings. The van der Waals surface area contributed by atoms with Gasteiger partial charge in [0.05, 0.1) is 11.0 Å². The van der Waals surface area contributed by atoms with Crippen LogP contribution in [0, 0.1) is 17.0 Å². The van der Waals surface area contributed by atoms with Crippen LogP contribution in [0.1, 0.15) is 22.9 Å². The lowest BCUT2D eigenvalue weighted by Crippen LogP contribution is -2.08. The minimum absolute atomic E-state index is 0.0505. The van der Waals surface area contributed by atoms with Crippen molar-refractivity contribution < 1.29 is 4.92 Å². The minimum Gasteiger partial charge on any atom is -0.371 e. The zero-order chi connectivity index (χ0) is 14.0. The molecule has 0 radical (unpaired) electrons. The van der Waals surface area contributed by atoms with Crippen LogP contribution in [-0.2, 0) is 0 Å². The summed E-state index contributed by atoms with van der Waals surface area (Å²) in [6, 6.07) is 4.88. The Bertz CT molecular complexity index is 615. The highest BCUT2D eigenvalue weighted by Crippen LogP contribution is 2.31. The molecule has 100 valence electrons. The number of halogens is 1. The van der Waals surface area contributed by atoms with Crippen molar-refractivity contribution in [2.45, 2.75) is 19.9 Å². The van der Waals surface area contributed by atoms with Crippen molar-refractivity contribution in [1.29, 1.82) is 0 Å². The van der Waals surface area contributed by atoms with Crippen LogP contribution in [-0.4, -0.2) is 9.91 Å². The number of benzene rings is 1. The van der Waals surface area contributed by atoms with Crippen molar-refractivity contribution in [3.8, 4) is 0 Å². The number of nitrogens with zero attached hydrogens (tertiary/aromatic N) is 2. The summed E-state index contributed by atoms with van der Waals surface area (Å²) in [6.07, 6.45) is 1.80. The molecule has 0 saturated heterocycles. The van der Waals surface area contributed by atoms with E-state index in [1.54, 1.807) is 29.7 Å². The van der Waals surface area contributed by atoms with Crippen LogP contribution in [0.4, 0.5) is 11.4 Å². The molecule has 0 aliphatic rings. The number of hydrogen-bond acceptors (Lipinski definition) is 5. The number of thiazole rings is 1. The molecule has 1 atom stereocenters. The van der Waals surface area contributed by atoms with E-state index in [1.165, 1.54) is 6.07 Å². The van der Waals surface area contributed by atoms with Gasteiger partial charge in [-0.25, -0.2) is 4.98 Å². The number of anilines is 1. The van der Waals surface area contributed by atoms with Crippen LogP contribution in [0.15, 0.2) is 28.9 Å².